The van der Waals surface area contributed by atoms with Crippen LogP contribution in [0.15, 0.2) is 53.1 Å². The number of ketones is 1. The monoisotopic (exact) mass is 372 g/mol. The maximum Gasteiger partial charge on any atom is 0.163 e. The first-order chi connectivity index (χ1) is 13.6. The smallest absolute Gasteiger partial charge is 0.163 e. The zero-order chi connectivity index (χ0) is 19.3. The van der Waals surface area contributed by atoms with Crippen LogP contribution in [-0.2, 0) is 13.1 Å². The van der Waals surface area contributed by atoms with Crippen LogP contribution < -0.4 is 4.74 Å². The van der Waals surface area contributed by atoms with Crippen molar-refractivity contribution in [1.82, 2.24) is 9.88 Å². The molecule has 0 spiro atoms. The average Bonchev–Trinajstić information content (AvgIpc) is 3.06. The van der Waals surface area contributed by atoms with Gasteiger partial charge in [-0.05, 0) is 26.0 Å². The molecule has 0 amide bonds. The molecule has 5 nitrogen and oxygen atoms in total. The van der Waals surface area contributed by atoms with E-state index in [2.05, 4.69) is 9.88 Å². The molecule has 140 valence electrons. The van der Waals surface area contributed by atoms with Gasteiger partial charge in [0.25, 0.3) is 0 Å². The zero-order valence-electron chi connectivity index (χ0n) is 15.9. The quantitative estimate of drug-likeness (QED) is 0.482. The Morgan fingerprint density at radius 3 is 2.68 bits per heavy atom. The summed E-state index contributed by atoms with van der Waals surface area (Å²) in [6, 6.07) is 14.0. The molecule has 0 N–H and O–H groups in total. The summed E-state index contributed by atoms with van der Waals surface area (Å²) < 4.78 is 12.3. The standard InChI is InChI=1S/C23H20N2O3/c1-14(26)20-15(2)28-23-18-9-4-3-8-17(18)22-19(21(20)23)12-25(13-27-22)11-16-7-5-6-10-24-16/h3-10H,11-13H2,1-2H3. The van der Waals surface area contributed by atoms with E-state index in [0.717, 1.165) is 38.7 Å². The number of hydrogen-bond acceptors (Lipinski definition) is 5. The van der Waals surface area contributed by atoms with Crippen LogP contribution >= 0.6 is 0 Å². The highest BCUT2D eigenvalue weighted by atomic mass is 16.5. The summed E-state index contributed by atoms with van der Waals surface area (Å²) >= 11 is 0. The Morgan fingerprint density at radius 2 is 1.93 bits per heavy atom. The number of carbonyl (C=O) groups is 1. The molecule has 3 heterocycles. The van der Waals surface area contributed by atoms with Crippen molar-refractivity contribution in [2.75, 3.05) is 6.73 Å². The third kappa shape index (κ3) is 2.59. The number of nitrogens with zero attached hydrogens (tertiary/aromatic N) is 2. The SMILES string of the molecule is CC(=O)c1c(C)oc2c1c1c(c3ccccc32)OCN(Cc2ccccn2)C1. The number of benzene rings is 2. The van der Waals surface area contributed by atoms with E-state index in [-0.39, 0.29) is 5.78 Å². The van der Waals surface area contributed by atoms with Crippen molar-refractivity contribution in [2.24, 2.45) is 0 Å². The normalized spacial score (nSPS) is 14.2. The molecule has 5 rings (SSSR count). The van der Waals surface area contributed by atoms with E-state index in [1.807, 2.05) is 49.4 Å². The fraction of sp³-hybridized carbons (Fsp3) is 0.217. The van der Waals surface area contributed by atoms with Crippen molar-refractivity contribution in [1.29, 1.82) is 0 Å². The van der Waals surface area contributed by atoms with Gasteiger partial charge in [0.05, 0.1) is 11.3 Å². The molecule has 0 fully saturated rings. The second-order valence-corrected chi connectivity index (χ2v) is 7.23. The molecule has 0 saturated heterocycles. The first-order valence-corrected chi connectivity index (χ1v) is 9.36. The van der Waals surface area contributed by atoms with Crippen molar-refractivity contribution in [3.63, 3.8) is 0 Å². The number of aryl methyl sites for hydroxylation is 1. The molecule has 5 heteroatoms. The van der Waals surface area contributed by atoms with Gasteiger partial charge in [-0.1, -0.05) is 30.3 Å². The fourth-order valence-electron chi connectivity index (χ4n) is 4.16. The van der Waals surface area contributed by atoms with E-state index in [9.17, 15) is 4.79 Å². The molecular weight excluding hydrogens is 352 g/mol. The summed E-state index contributed by atoms with van der Waals surface area (Å²) in [4.78, 5) is 19.0. The number of hydrogen-bond donors (Lipinski definition) is 0. The van der Waals surface area contributed by atoms with Crippen molar-refractivity contribution in [3.8, 4) is 5.75 Å². The van der Waals surface area contributed by atoms with Crippen molar-refractivity contribution >= 4 is 27.5 Å². The first-order valence-electron chi connectivity index (χ1n) is 9.36. The molecule has 1 aliphatic heterocycles. The summed E-state index contributed by atoms with van der Waals surface area (Å²) in [5.74, 6) is 1.52. The van der Waals surface area contributed by atoms with Crippen LogP contribution in [0.3, 0.4) is 0 Å². The van der Waals surface area contributed by atoms with Crippen LogP contribution in [0.4, 0.5) is 0 Å². The van der Waals surface area contributed by atoms with Crippen LogP contribution in [0, 0.1) is 6.92 Å². The van der Waals surface area contributed by atoms with Gasteiger partial charge in [0, 0.05) is 41.0 Å². The highest BCUT2D eigenvalue weighted by Gasteiger charge is 2.28. The Labute approximate surface area is 162 Å². The molecule has 2 aromatic carbocycles. The minimum Gasteiger partial charge on any atom is -0.477 e. The Morgan fingerprint density at radius 1 is 1.14 bits per heavy atom. The molecule has 0 aliphatic carbocycles. The number of ether oxygens (including phenoxy) is 1. The molecule has 0 unspecified atom stereocenters. The Kier molecular flexibility index (Phi) is 3.91. The first kappa shape index (κ1) is 17.0. The Balaban J connectivity index is 1.71. The summed E-state index contributed by atoms with van der Waals surface area (Å²) in [6.07, 6.45) is 1.80. The number of aromatic nitrogens is 1. The fourth-order valence-corrected chi connectivity index (χ4v) is 4.16. The molecule has 28 heavy (non-hydrogen) atoms. The average molecular weight is 372 g/mol. The van der Waals surface area contributed by atoms with Gasteiger partial charge in [-0.3, -0.25) is 14.7 Å². The van der Waals surface area contributed by atoms with Gasteiger partial charge in [0.15, 0.2) is 5.78 Å². The van der Waals surface area contributed by atoms with Gasteiger partial charge in [-0.15, -0.1) is 0 Å². The van der Waals surface area contributed by atoms with Gasteiger partial charge < -0.3 is 9.15 Å². The van der Waals surface area contributed by atoms with Gasteiger partial charge in [-0.25, -0.2) is 0 Å². The lowest BCUT2D eigenvalue weighted by atomic mass is 9.95. The van der Waals surface area contributed by atoms with Crippen molar-refractivity contribution in [2.45, 2.75) is 26.9 Å². The van der Waals surface area contributed by atoms with E-state index in [0.29, 0.717) is 31.1 Å². The Hall–Kier alpha value is -3.18. The van der Waals surface area contributed by atoms with E-state index >= 15 is 0 Å². The number of carbonyl (C=O) groups excluding carboxylic acids is 1. The summed E-state index contributed by atoms with van der Waals surface area (Å²) in [5, 5.41) is 2.88. The summed E-state index contributed by atoms with van der Waals surface area (Å²) in [5.41, 5.74) is 3.42. The number of rotatable bonds is 3. The van der Waals surface area contributed by atoms with E-state index in [1.165, 1.54) is 0 Å². The minimum absolute atomic E-state index is 0.00980. The number of pyridine rings is 1. The lowest BCUT2D eigenvalue weighted by molar-refractivity contribution is 0.0900. The van der Waals surface area contributed by atoms with Crippen molar-refractivity contribution < 1.29 is 13.9 Å². The predicted octanol–water partition coefficient (Wildman–Crippen LogP) is 4.84. The molecule has 1 aliphatic rings. The maximum absolute atomic E-state index is 12.4. The molecule has 0 radical (unpaired) electrons. The number of Topliss-reactive ketones (excluding diaryl/α,β-unsaturated/α-hetero) is 1. The third-order valence-corrected chi connectivity index (χ3v) is 5.31. The van der Waals surface area contributed by atoms with E-state index < -0.39 is 0 Å². The summed E-state index contributed by atoms with van der Waals surface area (Å²) in [7, 11) is 0. The number of furan rings is 1. The summed E-state index contributed by atoms with van der Waals surface area (Å²) in [6.45, 7) is 5.28. The van der Waals surface area contributed by atoms with Gasteiger partial charge in [0.2, 0.25) is 0 Å². The van der Waals surface area contributed by atoms with Crippen LogP contribution in [0.5, 0.6) is 5.75 Å². The van der Waals surface area contributed by atoms with Gasteiger partial charge >= 0.3 is 0 Å². The van der Waals surface area contributed by atoms with Gasteiger partial charge in [0.1, 0.15) is 23.8 Å². The second-order valence-electron chi connectivity index (χ2n) is 7.23. The topological polar surface area (TPSA) is 55.6 Å². The molecule has 0 saturated carbocycles. The Bertz CT molecular complexity index is 1210. The second kappa shape index (κ2) is 6.46. The lowest BCUT2D eigenvalue weighted by Crippen LogP contribution is -2.32. The van der Waals surface area contributed by atoms with Crippen LogP contribution in [0.2, 0.25) is 0 Å². The largest absolute Gasteiger partial charge is 0.477 e. The van der Waals surface area contributed by atoms with Crippen molar-refractivity contribution in [3.05, 3.63) is 71.2 Å². The van der Waals surface area contributed by atoms with Crippen LogP contribution in [-0.4, -0.2) is 22.4 Å². The van der Waals surface area contributed by atoms with Crippen LogP contribution in [0.25, 0.3) is 21.7 Å². The minimum atomic E-state index is 0.00980. The zero-order valence-corrected chi connectivity index (χ0v) is 15.9. The molecule has 2 aromatic heterocycles. The lowest BCUT2D eigenvalue weighted by Gasteiger charge is -2.30. The highest BCUT2D eigenvalue weighted by Crippen LogP contribution is 2.44. The predicted molar refractivity (Wildman–Crippen MR) is 107 cm³/mol. The molecule has 0 atom stereocenters. The number of fused-ring (bicyclic) bond motifs is 6. The van der Waals surface area contributed by atoms with E-state index in [4.69, 9.17) is 9.15 Å². The van der Waals surface area contributed by atoms with Crippen LogP contribution in [0.1, 0.15) is 34.3 Å². The maximum atomic E-state index is 12.4. The molecular formula is C23H20N2O3. The highest BCUT2D eigenvalue weighted by molar-refractivity contribution is 6.17. The third-order valence-electron chi connectivity index (χ3n) is 5.31. The molecule has 4 aromatic rings. The molecule has 0 bridgehead atoms. The van der Waals surface area contributed by atoms with Gasteiger partial charge in [-0.2, -0.15) is 0 Å². The van der Waals surface area contributed by atoms with E-state index in [1.54, 1.807) is 13.1 Å².